The van der Waals surface area contributed by atoms with E-state index < -0.39 is 28.5 Å². The number of hydrogen-bond donors (Lipinski definition) is 1. The molecule has 0 spiro atoms. The summed E-state index contributed by atoms with van der Waals surface area (Å²) >= 11 is 24.4. The van der Waals surface area contributed by atoms with E-state index >= 15 is 0 Å². The molecule has 0 fully saturated rings. The monoisotopic (exact) mass is 595 g/mol. The van der Waals surface area contributed by atoms with Crippen LogP contribution >= 0.6 is 46.4 Å². The lowest BCUT2D eigenvalue weighted by Gasteiger charge is -2.33. The van der Waals surface area contributed by atoms with Crippen LogP contribution in [0.5, 0.6) is 0 Å². The second-order valence-corrected chi connectivity index (χ2v) is 12.0. The highest BCUT2D eigenvalue weighted by Crippen LogP contribution is 2.28. The van der Waals surface area contributed by atoms with Gasteiger partial charge in [0.15, 0.2) is 0 Å². The van der Waals surface area contributed by atoms with Gasteiger partial charge in [0.1, 0.15) is 12.6 Å². The first-order valence-corrected chi connectivity index (χ1v) is 14.6. The Balaban J connectivity index is 2.50. The van der Waals surface area contributed by atoms with Gasteiger partial charge in [0.2, 0.25) is 21.8 Å². The first-order valence-electron chi connectivity index (χ1n) is 11.2. The van der Waals surface area contributed by atoms with E-state index in [0.29, 0.717) is 28.5 Å². The molecule has 0 aromatic heterocycles. The van der Waals surface area contributed by atoms with Crippen LogP contribution in [-0.2, 0) is 26.2 Å². The Kier molecular flexibility index (Phi) is 11.2. The minimum atomic E-state index is -3.91. The smallest absolute Gasteiger partial charge is 0.244 e. The summed E-state index contributed by atoms with van der Waals surface area (Å²) in [6.07, 6.45) is 1.99. The zero-order valence-corrected chi connectivity index (χ0v) is 24.2. The number of amides is 2. The SMILES string of the molecule is CC[C@@H](C)NC(=O)[C@H](CC)N(Cc1ccc(Cl)c(Cl)c1)C(=O)CN(c1cc(Cl)cc(Cl)c1)S(C)(=O)=O. The molecule has 1 N–H and O–H groups in total. The van der Waals surface area contributed by atoms with Crippen LogP contribution in [0.3, 0.4) is 0 Å². The van der Waals surface area contributed by atoms with Crippen LogP contribution in [0.25, 0.3) is 0 Å². The van der Waals surface area contributed by atoms with Gasteiger partial charge in [-0.15, -0.1) is 0 Å². The number of rotatable bonds is 11. The summed E-state index contributed by atoms with van der Waals surface area (Å²) in [5.74, 6) is -0.925. The first kappa shape index (κ1) is 30.5. The molecular weight excluding hydrogens is 568 g/mol. The van der Waals surface area contributed by atoms with Crippen LogP contribution in [0, 0.1) is 0 Å². The van der Waals surface area contributed by atoms with Crippen LogP contribution in [-0.4, -0.2) is 50.0 Å². The summed E-state index contributed by atoms with van der Waals surface area (Å²) in [6, 6.07) is 8.19. The van der Waals surface area contributed by atoms with Crippen molar-refractivity contribution in [2.45, 2.75) is 52.2 Å². The number of nitrogens with zero attached hydrogens (tertiary/aromatic N) is 2. The lowest BCUT2D eigenvalue weighted by molar-refractivity contribution is -0.140. The fourth-order valence-electron chi connectivity index (χ4n) is 3.49. The number of carbonyl (C=O) groups is 2. The lowest BCUT2D eigenvalue weighted by atomic mass is 10.1. The van der Waals surface area contributed by atoms with Crippen molar-refractivity contribution in [2.24, 2.45) is 0 Å². The molecule has 7 nitrogen and oxygen atoms in total. The van der Waals surface area contributed by atoms with Crippen molar-refractivity contribution < 1.29 is 18.0 Å². The van der Waals surface area contributed by atoms with E-state index in [1.807, 2.05) is 13.8 Å². The van der Waals surface area contributed by atoms with E-state index in [4.69, 9.17) is 46.4 Å². The van der Waals surface area contributed by atoms with E-state index in [1.54, 1.807) is 25.1 Å². The number of benzene rings is 2. The number of hydrogen-bond acceptors (Lipinski definition) is 4. The van der Waals surface area contributed by atoms with Crippen molar-refractivity contribution in [1.82, 2.24) is 10.2 Å². The van der Waals surface area contributed by atoms with Gasteiger partial charge >= 0.3 is 0 Å². The summed E-state index contributed by atoms with van der Waals surface area (Å²) in [4.78, 5) is 28.1. The molecular formula is C24H29Cl4N3O4S. The molecule has 2 amide bonds. The second-order valence-electron chi connectivity index (χ2n) is 8.41. The summed E-state index contributed by atoms with van der Waals surface area (Å²) in [6.45, 7) is 5.02. The quantitative estimate of drug-likeness (QED) is 0.356. The van der Waals surface area contributed by atoms with Crippen molar-refractivity contribution in [3.63, 3.8) is 0 Å². The van der Waals surface area contributed by atoms with E-state index in [9.17, 15) is 18.0 Å². The van der Waals surface area contributed by atoms with Crippen molar-refractivity contribution >= 4 is 73.9 Å². The number of anilines is 1. The summed E-state index contributed by atoms with van der Waals surface area (Å²) in [5, 5.41) is 3.98. The Morgan fingerprint density at radius 1 is 0.944 bits per heavy atom. The molecule has 2 atom stereocenters. The van der Waals surface area contributed by atoms with Gasteiger partial charge in [-0.1, -0.05) is 66.3 Å². The van der Waals surface area contributed by atoms with Crippen molar-refractivity contribution in [3.8, 4) is 0 Å². The number of sulfonamides is 1. The standard InChI is InChI=1S/C24H29Cl4N3O4S/c1-5-15(3)29-24(33)22(6-2)30(13-16-7-8-20(27)21(28)9-16)23(32)14-31(36(4,34)35)19-11-17(25)10-18(26)12-19/h7-12,15,22H,5-6,13-14H2,1-4H3,(H,29,33)/t15-,22+/m1/s1. The van der Waals surface area contributed by atoms with Gasteiger partial charge in [-0.3, -0.25) is 13.9 Å². The maximum absolute atomic E-state index is 13.7. The largest absolute Gasteiger partial charge is 0.352 e. The van der Waals surface area contributed by atoms with Crippen LogP contribution in [0.2, 0.25) is 20.1 Å². The van der Waals surface area contributed by atoms with Crippen LogP contribution in [0.4, 0.5) is 5.69 Å². The second kappa shape index (κ2) is 13.2. The highest BCUT2D eigenvalue weighted by Gasteiger charge is 2.32. The van der Waals surface area contributed by atoms with E-state index in [2.05, 4.69) is 5.32 Å². The topological polar surface area (TPSA) is 86.8 Å². The molecule has 36 heavy (non-hydrogen) atoms. The van der Waals surface area contributed by atoms with Crippen molar-refractivity contribution in [1.29, 1.82) is 0 Å². The molecule has 0 bridgehead atoms. The third-order valence-electron chi connectivity index (χ3n) is 5.54. The van der Waals surface area contributed by atoms with Crippen LogP contribution in [0.15, 0.2) is 36.4 Å². The van der Waals surface area contributed by atoms with Crippen molar-refractivity contribution in [3.05, 3.63) is 62.1 Å². The van der Waals surface area contributed by atoms with E-state index in [-0.39, 0.29) is 34.2 Å². The van der Waals surface area contributed by atoms with Crippen LogP contribution in [0.1, 0.15) is 39.2 Å². The zero-order valence-electron chi connectivity index (χ0n) is 20.4. The molecule has 0 saturated carbocycles. The average Bonchev–Trinajstić information content (AvgIpc) is 2.77. The maximum Gasteiger partial charge on any atom is 0.244 e. The minimum Gasteiger partial charge on any atom is -0.352 e. The number of carbonyl (C=O) groups excluding carboxylic acids is 2. The molecule has 0 aliphatic rings. The third kappa shape index (κ3) is 8.42. The first-order chi connectivity index (χ1) is 16.8. The minimum absolute atomic E-state index is 0.00998. The zero-order chi connectivity index (χ0) is 27.2. The van der Waals surface area contributed by atoms with Gasteiger partial charge in [-0.25, -0.2) is 8.42 Å². The Bertz CT molecular complexity index is 1190. The fourth-order valence-corrected chi connectivity index (χ4v) is 5.16. The Morgan fingerprint density at radius 3 is 2.06 bits per heavy atom. The molecule has 2 rings (SSSR count). The summed E-state index contributed by atoms with van der Waals surface area (Å²) in [5.41, 5.74) is 0.763. The predicted molar refractivity (Wildman–Crippen MR) is 148 cm³/mol. The molecule has 0 heterocycles. The Morgan fingerprint density at radius 2 is 1.56 bits per heavy atom. The highest BCUT2D eigenvalue weighted by molar-refractivity contribution is 7.92. The van der Waals surface area contributed by atoms with E-state index in [1.165, 1.54) is 23.1 Å². The Labute approximate surface area is 232 Å². The lowest BCUT2D eigenvalue weighted by Crippen LogP contribution is -2.53. The maximum atomic E-state index is 13.7. The van der Waals surface area contributed by atoms with Crippen molar-refractivity contribution in [2.75, 3.05) is 17.1 Å². The number of halogens is 4. The van der Waals surface area contributed by atoms with Gasteiger partial charge in [0, 0.05) is 22.6 Å². The molecule has 0 aliphatic heterocycles. The van der Waals surface area contributed by atoms with Gasteiger partial charge < -0.3 is 10.2 Å². The summed E-state index contributed by atoms with van der Waals surface area (Å²) in [7, 11) is -3.91. The van der Waals surface area contributed by atoms with Gasteiger partial charge in [0.05, 0.1) is 22.0 Å². The third-order valence-corrected chi connectivity index (χ3v) is 7.85. The van der Waals surface area contributed by atoms with Gasteiger partial charge in [0.25, 0.3) is 0 Å². The molecule has 2 aromatic rings. The molecule has 12 heteroatoms. The Hall–Kier alpha value is -1.71. The summed E-state index contributed by atoms with van der Waals surface area (Å²) < 4.78 is 26.2. The van der Waals surface area contributed by atoms with Gasteiger partial charge in [-0.2, -0.15) is 0 Å². The number of nitrogens with one attached hydrogen (secondary N) is 1. The average molecular weight is 597 g/mol. The fraction of sp³-hybridized carbons (Fsp3) is 0.417. The molecule has 0 saturated heterocycles. The molecule has 0 unspecified atom stereocenters. The molecule has 2 aromatic carbocycles. The molecule has 198 valence electrons. The molecule has 0 aliphatic carbocycles. The van der Waals surface area contributed by atoms with Crippen LogP contribution < -0.4 is 9.62 Å². The predicted octanol–water partition coefficient (Wildman–Crippen LogP) is 5.79. The highest BCUT2D eigenvalue weighted by atomic mass is 35.5. The van der Waals surface area contributed by atoms with Gasteiger partial charge in [-0.05, 0) is 55.7 Å². The van der Waals surface area contributed by atoms with E-state index in [0.717, 1.165) is 10.6 Å². The molecule has 0 radical (unpaired) electrons. The normalized spacial score (nSPS) is 13.1.